The molecule has 1 aliphatic heterocycles. The Morgan fingerprint density at radius 3 is 2.67 bits per heavy atom. The summed E-state index contributed by atoms with van der Waals surface area (Å²) in [6.45, 7) is 8.61. The number of rotatable bonds is 10. The summed E-state index contributed by atoms with van der Waals surface area (Å²) in [5, 5.41) is 6.83. The first-order valence-corrected chi connectivity index (χ1v) is 9.89. The fraction of sp³-hybridized carbons (Fsp3) is 0.667. The predicted molar refractivity (Wildman–Crippen MR) is 123 cm³/mol. The fourth-order valence-corrected chi connectivity index (χ4v) is 3.24. The zero-order valence-corrected chi connectivity index (χ0v) is 19.3. The van der Waals surface area contributed by atoms with Crippen LogP contribution in [0.4, 0.5) is 0 Å². The number of aliphatic imine (C=N–C) groups is 1. The average molecular weight is 489 g/mol. The van der Waals surface area contributed by atoms with Gasteiger partial charge < -0.3 is 20.1 Å². The Labute approximate surface area is 181 Å². The Morgan fingerprint density at radius 1 is 1.26 bits per heavy atom. The maximum Gasteiger partial charge on any atom is 0.190 e. The lowest BCUT2D eigenvalue weighted by Gasteiger charge is -2.23. The minimum Gasteiger partial charge on any atom is -0.379 e. The van der Waals surface area contributed by atoms with E-state index in [1.165, 1.54) is 5.56 Å². The summed E-state index contributed by atoms with van der Waals surface area (Å²) in [5.74, 6) is 1.88. The molecule has 1 aromatic carbocycles. The molecule has 0 spiro atoms. The number of benzene rings is 1. The maximum atomic E-state index is 5.70. The number of hydrogen-bond acceptors (Lipinski definition) is 3. The Kier molecular flexibility index (Phi) is 12.7. The highest BCUT2D eigenvalue weighted by Gasteiger charge is 2.16. The largest absolute Gasteiger partial charge is 0.379 e. The van der Waals surface area contributed by atoms with Gasteiger partial charge in [0.25, 0.3) is 0 Å². The van der Waals surface area contributed by atoms with Crippen LogP contribution in [0, 0.1) is 5.92 Å². The van der Waals surface area contributed by atoms with Crippen LogP contribution in [-0.2, 0) is 9.47 Å². The van der Waals surface area contributed by atoms with Gasteiger partial charge in [0, 0.05) is 39.3 Å². The summed E-state index contributed by atoms with van der Waals surface area (Å²) < 4.78 is 11.3. The molecule has 1 aliphatic rings. The van der Waals surface area contributed by atoms with E-state index in [2.05, 4.69) is 59.8 Å². The van der Waals surface area contributed by atoms with Crippen LogP contribution in [0.5, 0.6) is 0 Å². The highest BCUT2D eigenvalue weighted by atomic mass is 127. The third-order valence-corrected chi connectivity index (χ3v) is 4.83. The summed E-state index contributed by atoms with van der Waals surface area (Å²) in [5.41, 5.74) is 1.37. The second-order valence-electron chi connectivity index (χ2n) is 7.20. The van der Waals surface area contributed by atoms with E-state index in [9.17, 15) is 0 Å². The molecule has 6 heteroatoms. The molecule has 1 aromatic rings. The molecule has 2 rings (SSSR count). The lowest BCUT2D eigenvalue weighted by molar-refractivity contribution is 0.0168. The van der Waals surface area contributed by atoms with E-state index < -0.39 is 0 Å². The topological polar surface area (TPSA) is 54.9 Å². The van der Waals surface area contributed by atoms with Crippen LogP contribution in [0.1, 0.15) is 44.6 Å². The number of nitrogens with one attached hydrogen (secondary N) is 2. The molecule has 27 heavy (non-hydrogen) atoms. The van der Waals surface area contributed by atoms with Gasteiger partial charge in [-0.05, 0) is 30.7 Å². The minimum atomic E-state index is 0. The van der Waals surface area contributed by atoms with Crippen LogP contribution in [0.25, 0.3) is 0 Å². The normalized spacial score (nSPS) is 18.2. The number of ether oxygens (including phenoxy) is 2. The van der Waals surface area contributed by atoms with Crippen molar-refractivity contribution in [1.29, 1.82) is 0 Å². The summed E-state index contributed by atoms with van der Waals surface area (Å²) in [7, 11) is 1.82. The van der Waals surface area contributed by atoms with Gasteiger partial charge in [-0.3, -0.25) is 4.99 Å². The van der Waals surface area contributed by atoms with Gasteiger partial charge in [0.2, 0.25) is 0 Å². The van der Waals surface area contributed by atoms with Gasteiger partial charge in [-0.2, -0.15) is 0 Å². The van der Waals surface area contributed by atoms with Crippen molar-refractivity contribution in [3.05, 3.63) is 35.9 Å². The predicted octanol–water partition coefficient (Wildman–Crippen LogP) is 3.79. The fourth-order valence-electron chi connectivity index (χ4n) is 3.24. The van der Waals surface area contributed by atoms with Crippen molar-refractivity contribution in [2.45, 2.75) is 45.1 Å². The first-order chi connectivity index (χ1) is 12.7. The van der Waals surface area contributed by atoms with Crippen molar-refractivity contribution in [3.63, 3.8) is 0 Å². The average Bonchev–Trinajstić information content (AvgIpc) is 3.17. The third kappa shape index (κ3) is 9.25. The Bertz CT molecular complexity index is 519. The SMILES string of the molecule is CN=C(NCCCOCC1CCCO1)NCC(c1ccccc1)C(C)C.I. The van der Waals surface area contributed by atoms with E-state index in [1.54, 1.807) is 0 Å². The zero-order valence-electron chi connectivity index (χ0n) is 16.9. The van der Waals surface area contributed by atoms with Crippen molar-refractivity contribution in [3.8, 4) is 0 Å². The lowest BCUT2D eigenvalue weighted by Crippen LogP contribution is -2.40. The molecule has 2 atom stereocenters. The summed E-state index contributed by atoms with van der Waals surface area (Å²) >= 11 is 0. The van der Waals surface area contributed by atoms with Crippen molar-refractivity contribution >= 4 is 29.9 Å². The van der Waals surface area contributed by atoms with Crippen LogP contribution < -0.4 is 10.6 Å². The van der Waals surface area contributed by atoms with E-state index in [1.807, 2.05) is 7.05 Å². The van der Waals surface area contributed by atoms with E-state index in [-0.39, 0.29) is 24.0 Å². The Hall–Kier alpha value is -0.860. The molecule has 2 unspecified atom stereocenters. The molecule has 1 heterocycles. The van der Waals surface area contributed by atoms with E-state index in [4.69, 9.17) is 9.47 Å². The van der Waals surface area contributed by atoms with Gasteiger partial charge in [-0.1, -0.05) is 44.2 Å². The molecule has 0 amide bonds. The molecule has 0 aromatic heterocycles. The number of hydrogen-bond donors (Lipinski definition) is 2. The second-order valence-corrected chi connectivity index (χ2v) is 7.20. The van der Waals surface area contributed by atoms with Crippen LogP contribution in [0.15, 0.2) is 35.3 Å². The molecule has 154 valence electrons. The highest BCUT2D eigenvalue weighted by molar-refractivity contribution is 14.0. The Balaban J connectivity index is 0.00000364. The van der Waals surface area contributed by atoms with Gasteiger partial charge >= 0.3 is 0 Å². The molecule has 2 N–H and O–H groups in total. The van der Waals surface area contributed by atoms with Crippen LogP contribution in [0.2, 0.25) is 0 Å². The molecule has 1 fully saturated rings. The standard InChI is InChI=1S/C21H35N3O2.HI/c1-17(2)20(18-9-5-4-6-10-18)15-24-21(22-3)23-12-8-13-25-16-19-11-7-14-26-19;/h4-6,9-10,17,19-20H,7-8,11-16H2,1-3H3,(H2,22,23,24);1H. The lowest BCUT2D eigenvalue weighted by atomic mass is 9.88. The smallest absolute Gasteiger partial charge is 0.190 e. The van der Waals surface area contributed by atoms with Gasteiger partial charge in [0.1, 0.15) is 0 Å². The van der Waals surface area contributed by atoms with Crippen molar-refractivity contribution < 1.29 is 9.47 Å². The molecule has 0 saturated carbocycles. The second kappa shape index (κ2) is 14.2. The monoisotopic (exact) mass is 489 g/mol. The third-order valence-electron chi connectivity index (χ3n) is 4.83. The zero-order chi connectivity index (χ0) is 18.6. The summed E-state index contributed by atoms with van der Waals surface area (Å²) in [6, 6.07) is 10.7. The Morgan fingerprint density at radius 2 is 2.04 bits per heavy atom. The molecule has 0 aliphatic carbocycles. The molecule has 0 bridgehead atoms. The van der Waals surface area contributed by atoms with Crippen molar-refractivity contribution in [1.82, 2.24) is 10.6 Å². The number of nitrogens with zero attached hydrogens (tertiary/aromatic N) is 1. The maximum absolute atomic E-state index is 5.70. The molecule has 0 radical (unpaired) electrons. The van der Waals surface area contributed by atoms with Gasteiger partial charge in [0.05, 0.1) is 12.7 Å². The van der Waals surface area contributed by atoms with Crippen LogP contribution in [-0.4, -0.2) is 52.0 Å². The quantitative estimate of drug-likeness (QED) is 0.227. The molecular weight excluding hydrogens is 453 g/mol. The van der Waals surface area contributed by atoms with Crippen LogP contribution in [0.3, 0.4) is 0 Å². The molecule has 5 nitrogen and oxygen atoms in total. The van der Waals surface area contributed by atoms with E-state index in [0.29, 0.717) is 17.9 Å². The van der Waals surface area contributed by atoms with Gasteiger partial charge in [-0.25, -0.2) is 0 Å². The summed E-state index contributed by atoms with van der Waals surface area (Å²) in [4.78, 5) is 4.33. The number of guanidine groups is 1. The highest BCUT2D eigenvalue weighted by Crippen LogP contribution is 2.23. The first kappa shape index (κ1) is 24.2. The van der Waals surface area contributed by atoms with E-state index in [0.717, 1.165) is 58.1 Å². The molecule has 1 saturated heterocycles. The van der Waals surface area contributed by atoms with Gasteiger partial charge in [-0.15, -0.1) is 24.0 Å². The molecular formula is C21H36IN3O2. The van der Waals surface area contributed by atoms with Crippen molar-refractivity contribution in [2.75, 3.05) is 40.0 Å². The first-order valence-electron chi connectivity index (χ1n) is 9.89. The minimum absolute atomic E-state index is 0. The van der Waals surface area contributed by atoms with Crippen molar-refractivity contribution in [2.24, 2.45) is 10.9 Å². The van der Waals surface area contributed by atoms with Gasteiger partial charge in [0.15, 0.2) is 5.96 Å². The van der Waals surface area contributed by atoms with E-state index >= 15 is 0 Å². The summed E-state index contributed by atoms with van der Waals surface area (Å²) in [6.07, 6.45) is 3.56. The number of halogens is 1. The van der Waals surface area contributed by atoms with Crippen LogP contribution >= 0.6 is 24.0 Å².